The zero-order valence-corrected chi connectivity index (χ0v) is 19.3. The van der Waals surface area contributed by atoms with Gasteiger partial charge in [0, 0.05) is 10.8 Å². The Bertz CT molecular complexity index is 996. The van der Waals surface area contributed by atoms with Crippen molar-refractivity contribution in [3.8, 4) is 5.75 Å². The predicted octanol–water partition coefficient (Wildman–Crippen LogP) is 5.12. The molecule has 10 heteroatoms. The van der Waals surface area contributed by atoms with Crippen LogP contribution in [0.25, 0.3) is 0 Å². The van der Waals surface area contributed by atoms with E-state index in [2.05, 4.69) is 20.7 Å². The molecular formula is C20H19ClN4O2S3. The summed E-state index contributed by atoms with van der Waals surface area (Å²) < 4.78 is 6.97. The number of thioether (sulfide) groups is 2. The van der Waals surface area contributed by atoms with Crippen LogP contribution in [0.15, 0.2) is 62.3 Å². The summed E-state index contributed by atoms with van der Waals surface area (Å²) in [7, 11) is 0. The number of nitrogens with one attached hydrogen (secondary N) is 1. The van der Waals surface area contributed by atoms with E-state index in [-0.39, 0.29) is 11.7 Å². The standard InChI is InChI=1S/C20H19ClN4O2S3/c1-2-27-16-9-7-14(8-10-16)11-22-23-18(26)13-29-20-25-24-19(30-20)28-12-15-5-3-4-6-17(15)21/h3-11H,2,12-13H2,1H3,(H,23,26). The van der Waals surface area contributed by atoms with Gasteiger partial charge in [0.1, 0.15) is 5.75 Å². The Morgan fingerprint density at radius 3 is 2.63 bits per heavy atom. The Morgan fingerprint density at radius 1 is 1.17 bits per heavy atom. The molecule has 0 spiro atoms. The quantitative estimate of drug-likeness (QED) is 0.247. The maximum Gasteiger partial charge on any atom is 0.250 e. The van der Waals surface area contributed by atoms with Gasteiger partial charge in [0.05, 0.1) is 18.6 Å². The van der Waals surface area contributed by atoms with Crippen LogP contribution in [0.2, 0.25) is 5.02 Å². The van der Waals surface area contributed by atoms with Crippen LogP contribution in [0.1, 0.15) is 18.1 Å². The van der Waals surface area contributed by atoms with Gasteiger partial charge < -0.3 is 4.74 Å². The first-order valence-electron chi connectivity index (χ1n) is 9.01. The highest BCUT2D eigenvalue weighted by molar-refractivity contribution is 8.03. The summed E-state index contributed by atoms with van der Waals surface area (Å²) in [6.07, 6.45) is 1.59. The summed E-state index contributed by atoms with van der Waals surface area (Å²) in [5, 5.41) is 13.0. The zero-order valence-electron chi connectivity index (χ0n) is 16.1. The Kier molecular flexibility index (Phi) is 9.00. The van der Waals surface area contributed by atoms with E-state index >= 15 is 0 Å². The molecule has 0 aliphatic heterocycles. The van der Waals surface area contributed by atoms with Crippen LogP contribution in [0, 0.1) is 0 Å². The molecule has 1 aromatic heterocycles. The number of ether oxygens (including phenoxy) is 1. The minimum Gasteiger partial charge on any atom is -0.494 e. The van der Waals surface area contributed by atoms with Crippen molar-refractivity contribution in [3.63, 3.8) is 0 Å². The molecule has 1 heterocycles. The monoisotopic (exact) mass is 478 g/mol. The van der Waals surface area contributed by atoms with Gasteiger partial charge >= 0.3 is 0 Å². The number of aromatic nitrogens is 2. The first-order valence-corrected chi connectivity index (χ1v) is 12.2. The minimum absolute atomic E-state index is 0.206. The topological polar surface area (TPSA) is 76.5 Å². The summed E-state index contributed by atoms with van der Waals surface area (Å²) in [6.45, 7) is 2.56. The lowest BCUT2D eigenvalue weighted by atomic mass is 10.2. The lowest BCUT2D eigenvalue weighted by Gasteiger charge is -2.02. The largest absolute Gasteiger partial charge is 0.494 e. The lowest BCUT2D eigenvalue weighted by Crippen LogP contribution is -2.19. The molecule has 0 fully saturated rings. The van der Waals surface area contributed by atoms with E-state index in [9.17, 15) is 4.79 Å². The first kappa shape index (κ1) is 22.6. The Balaban J connectivity index is 1.40. The second-order valence-electron chi connectivity index (χ2n) is 5.80. The molecule has 0 radical (unpaired) electrons. The molecule has 3 rings (SSSR count). The summed E-state index contributed by atoms with van der Waals surface area (Å²) in [5.41, 5.74) is 4.44. The molecule has 0 bridgehead atoms. The molecule has 1 N–H and O–H groups in total. The number of benzene rings is 2. The van der Waals surface area contributed by atoms with Crippen LogP contribution in [-0.4, -0.2) is 34.7 Å². The van der Waals surface area contributed by atoms with E-state index in [1.165, 1.54) is 23.1 Å². The fraction of sp³-hybridized carbons (Fsp3) is 0.200. The van der Waals surface area contributed by atoms with Crippen molar-refractivity contribution < 1.29 is 9.53 Å². The maximum atomic E-state index is 12.0. The van der Waals surface area contributed by atoms with Crippen molar-refractivity contribution in [1.29, 1.82) is 0 Å². The van der Waals surface area contributed by atoms with E-state index in [0.717, 1.165) is 36.3 Å². The fourth-order valence-corrected chi connectivity index (χ4v) is 5.32. The van der Waals surface area contributed by atoms with E-state index < -0.39 is 0 Å². The number of nitrogens with zero attached hydrogens (tertiary/aromatic N) is 3. The average Bonchev–Trinajstić information content (AvgIpc) is 3.21. The van der Waals surface area contributed by atoms with Gasteiger partial charge in [-0.2, -0.15) is 5.10 Å². The van der Waals surface area contributed by atoms with Crippen LogP contribution in [0.5, 0.6) is 5.75 Å². The molecule has 6 nitrogen and oxygen atoms in total. The molecule has 2 aromatic carbocycles. The van der Waals surface area contributed by atoms with E-state index in [0.29, 0.717) is 6.61 Å². The highest BCUT2D eigenvalue weighted by atomic mass is 35.5. The molecule has 0 atom stereocenters. The van der Waals surface area contributed by atoms with Crippen LogP contribution >= 0.6 is 46.5 Å². The molecule has 30 heavy (non-hydrogen) atoms. The van der Waals surface area contributed by atoms with Gasteiger partial charge in [0.2, 0.25) is 0 Å². The minimum atomic E-state index is -0.206. The highest BCUT2D eigenvalue weighted by Gasteiger charge is 2.09. The van der Waals surface area contributed by atoms with Crippen molar-refractivity contribution in [3.05, 3.63) is 64.7 Å². The van der Waals surface area contributed by atoms with Crippen molar-refractivity contribution in [2.75, 3.05) is 12.4 Å². The average molecular weight is 479 g/mol. The number of rotatable bonds is 10. The number of amides is 1. The smallest absolute Gasteiger partial charge is 0.250 e. The van der Waals surface area contributed by atoms with Crippen LogP contribution < -0.4 is 10.2 Å². The molecule has 0 aliphatic rings. The Morgan fingerprint density at radius 2 is 1.90 bits per heavy atom. The van der Waals surface area contributed by atoms with Gasteiger partial charge in [-0.05, 0) is 48.4 Å². The van der Waals surface area contributed by atoms with E-state index in [4.69, 9.17) is 16.3 Å². The van der Waals surface area contributed by atoms with E-state index in [1.807, 2.05) is 55.5 Å². The van der Waals surface area contributed by atoms with Crippen molar-refractivity contribution in [2.45, 2.75) is 21.4 Å². The highest BCUT2D eigenvalue weighted by Crippen LogP contribution is 2.32. The van der Waals surface area contributed by atoms with Gasteiger partial charge in [-0.15, -0.1) is 10.2 Å². The number of hydrogen-bond donors (Lipinski definition) is 1. The summed E-state index contributed by atoms with van der Waals surface area (Å²) in [5.74, 6) is 1.53. The third kappa shape index (κ3) is 7.32. The number of halogens is 1. The Hall–Kier alpha value is -2.07. The number of hydrogen-bond acceptors (Lipinski definition) is 8. The third-order valence-corrected chi connectivity index (χ3v) is 7.23. The molecule has 0 aliphatic carbocycles. The van der Waals surface area contributed by atoms with Crippen LogP contribution in [-0.2, 0) is 10.5 Å². The molecule has 1 amide bonds. The lowest BCUT2D eigenvalue weighted by molar-refractivity contribution is -0.118. The second kappa shape index (κ2) is 11.9. The zero-order chi connectivity index (χ0) is 21.2. The normalized spacial score (nSPS) is 11.0. The van der Waals surface area contributed by atoms with E-state index in [1.54, 1.807) is 18.0 Å². The van der Waals surface area contributed by atoms with Crippen molar-refractivity contribution in [1.82, 2.24) is 15.6 Å². The molecule has 156 valence electrons. The predicted molar refractivity (Wildman–Crippen MR) is 125 cm³/mol. The first-order chi connectivity index (χ1) is 14.6. The SMILES string of the molecule is CCOc1ccc(C=NNC(=O)CSc2nnc(SCc3ccccc3Cl)s2)cc1. The van der Waals surface area contributed by atoms with Gasteiger partial charge in [-0.25, -0.2) is 5.43 Å². The molecule has 0 saturated heterocycles. The maximum absolute atomic E-state index is 12.0. The van der Waals surface area contributed by atoms with Gasteiger partial charge in [0.15, 0.2) is 8.68 Å². The summed E-state index contributed by atoms with van der Waals surface area (Å²) in [6, 6.07) is 15.2. The number of carbonyl (C=O) groups excluding carboxylic acids is 1. The van der Waals surface area contributed by atoms with Gasteiger partial charge in [-0.1, -0.05) is 64.7 Å². The molecular weight excluding hydrogens is 460 g/mol. The van der Waals surface area contributed by atoms with Crippen molar-refractivity contribution >= 4 is 58.6 Å². The summed E-state index contributed by atoms with van der Waals surface area (Å²) in [4.78, 5) is 12.0. The van der Waals surface area contributed by atoms with Crippen molar-refractivity contribution in [2.24, 2.45) is 5.10 Å². The van der Waals surface area contributed by atoms with Gasteiger partial charge in [0.25, 0.3) is 5.91 Å². The Labute approximate surface area is 192 Å². The number of hydrazone groups is 1. The van der Waals surface area contributed by atoms with Crippen LogP contribution in [0.4, 0.5) is 0 Å². The van der Waals surface area contributed by atoms with Gasteiger partial charge in [-0.3, -0.25) is 4.79 Å². The third-order valence-electron chi connectivity index (χ3n) is 3.62. The van der Waals surface area contributed by atoms with Crippen LogP contribution in [0.3, 0.4) is 0 Å². The molecule has 3 aromatic rings. The fourth-order valence-electron chi connectivity index (χ4n) is 2.22. The molecule has 0 unspecified atom stereocenters. The molecule has 0 saturated carbocycles. The number of carbonyl (C=O) groups is 1. The summed E-state index contributed by atoms with van der Waals surface area (Å²) >= 11 is 10.5. The second-order valence-corrected chi connectivity index (χ2v) is 9.63.